The fourth-order valence-electron chi connectivity index (χ4n) is 2.84. The van der Waals surface area contributed by atoms with Crippen LogP contribution >= 0.6 is 0 Å². The molecular formula is C17H29N3O2S. The maximum atomic E-state index is 12.3. The second-order valence-electron chi connectivity index (χ2n) is 6.06. The summed E-state index contributed by atoms with van der Waals surface area (Å²) in [6.45, 7) is 8.95. The summed E-state index contributed by atoms with van der Waals surface area (Å²) in [6, 6.07) is 8.20. The van der Waals surface area contributed by atoms with Crippen molar-refractivity contribution in [3.63, 3.8) is 0 Å². The number of piperidine rings is 1. The molecule has 0 aromatic heterocycles. The monoisotopic (exact) mass is 339 g/mol. The lowest BCUT2D eigenvalue weighted by Gasteiger charge is -2.26. The van der Waals surface area contributed by atoms with Crippen LogP contribution in [0.4, 0.5) is 0 Å². The van der Waals surface area contributed by atoms with Gasteiger partial charge in [-0.05, 0) is 37.1 Å². The Balaban J connectivity index is 1.88. The molecule has 1 aliphatic rings. The normalized spacial score (nSPS) is 16.8. The zero-order valence-corrected chi connectivity index (χ0v) is 15.1. The van der Waals surface area contributed by atoms with Gasteiger partial charge in [0, 0.05) is 26.2 Å². The molecule has 6 heteroatoms. The van der Waals surface area contributed by atoms with Gasteiger partial charge >= 0.3 is 0 Å². The van der Waals surface area contributed by atoms with Gasteiger partial charge in [-0.15, -0.1) is 0 Å². The van der Waals surface area contributed by atoms with Gasteiger partial charge < -0.3 is 0 Å². The molecule has 0 saturated carbocycles. The number of hydrogen-bond donors (Lipinski definition) is 1. The maximum absolute atomic E-state index is 12.3. The smallest absolute Gasteiger partial charge is 0.279 e. The quantitative estimate of drug-likeness (QED) is 0.791. The number of hydrogen-bond acceptors (Lipinski definition) is 3. The van der Waals surface area contributed by atoms with Crippen molar-refractivity contribution in [2.45, 2.75) is 46.2 Å². The first-order chi connectivity index (χ1) is 11.0. The molecule has 0 atom stereocenters. The molecule has 1 N–H and O–H groups in total. The predicted octanol–water partition coefficient (Wildman–Crippen LogP) is 2.35. The van der Waals surface area contributed by atoms with Crippen LogP contribution in [0.5, 0.6) is 0 Å². The molecule has 1 heterocycles. The molecule has 0 bridgehead atoms. The van der Waals surface area contributed by atoms with Crippen molar-refractivity contribution in [3.05, 3.63) is 35.4 Å². The molecular weight excluding hydrogens is 310 g/mol. The summed E-state index contributed by atoms with van der Waals surface area (Å²) in [4.78, 5) is 2.36. The molecule has 1 saturated heterocycles. The van der Waals surface area contributed by atoms with E-state index in [0.717, 1.165) is 44.5 Å². The third-order valence-electron chi connectivity index (χ3n) is 4.44. The lowest BCUT2D eigenvalue weighted by Crippen LogP contribution is -2.43. The van der Waals surface area contributed by atoms with E-state index in [1.54, 1.807) is 4.31 Å². The summed E-state index contributed by atoms with van der Waals surface area (Å²) in [5.41, 5.74) is 2.25. The van der Waals surface area contributed by atoms with E-state index >= 15 is 0 Å². The fourth-order valence-corrected chi connectivity index (χ4v) is 4.11. The lowest BCUT2D eigenvalue weighted by molar-refractivity contribution is 0.296. The molecule has 5 nitrogen and oxygen atoms in total. The second kappa shape index (κ2) is 8.78. The van der Waals surface area contributed by atoms with Gasteiger partial charge in [-0.3, -0.25) is 4.90 Å². The van der Waals surface area contributed by atoms with Crippen molar-refractivity contribution in [1.29, 1.82) is 0 Å². The molecule has 0 radical (unpaired) electrons. The topological polar surface area (TPSA) is 52.7 Å². The van der Waals surface area contributed by atoms with Crippen LogP contribution in [0.25, 0.3) is 0 Å². The van der Waals surface area contributed by atoms with Gasteiger partial charge in [0.25, 0.3) is 10.2 Å². The largest absolute Gasteiger partial charge is 0.300 e. The number of benzene rings is 1. The summed E-state index contributed by atoms with van der Waals surface area (Å²) in [6.07, 6.45) is 3.04. The summed E-state index contributed by atoms with van der Waals surface area (Å²) in [5.74, 6) is 0. The van der Waals surface area contributed by atoms with Gasteiger partial charge in [-0.1, -0.05) is 44.5 Å². The van der Waals surface area contributed by atoms with Crippen LogP contribution in [-0.2, 0) is 23.3 Å². The Kier molecular flexibility index (Phi) is 7.02. The summed E-state index contributed by atoms with van der Waals surface area (Å²) >= 11 is 0. The molecule has 0 unspecified atom stereocenters. The van der Waals surface area contributed by atoms with Gasteiger partial charge in [-0.2, -0.15) is 17.4 Å². The van der Waals surface area contributed by atoms with Crippen LogP contribution < -0.4 is 4.72 Å². The summed E-state index contributed by atoms with van der Waals surface area (Å²) < 4.78 is 28.8. The Morgan fingerprint density at radius 1 is 1.00 bits per heavy atom. The zero-order chi connectivity index (χ0) is 16.7. The van der Waals surface area contributed by atoms with E-state index in [1.165, 1.54) is 5.56 Å². The van der Waals surface area contributed by atoms with Crippen LogP contribution in [0.1, 0.15) is 44.2 Å². The molecule has 2 rings (SSSR count). The van der Waals surface area contributed by atoms with E-state index in [0.29, 0.717) is 19.6 Å². The molecule has 1 fully saturated rings. The minimum atomic E-state index is -3.34. The molecule has 0 aliphatic carbocycles. The van der Waals surface area contributed by atoms with Crippen LogP contribution in [0.15, 0.2) is 24.3 Å². The van der Waals surface area contributed by atoms with Gasteiger partial charge in [0.1, 0.15) is 0 Å². The van der Waals surface area contributed by atoms with Crippen LogP contribution in [-0.4, -0.2) is 43.8 Å². The number of rotatable bonds is 8. The SMILES string of the molecule is CCN(CC)Cc1ccc(CNS(=O)(=O)N2CCCCC2)cc1. The Bertz CT molecular complexity index is 562. The first kappa shape index (κ1) is 18.4. The van der Waals surface area contributed by atoms with E-state index in [1.807, 2.05) is 12.1 Å². The highest BCUT2D eigenvalue weighted by Crippen LogP contribution is 2.13. The Morgan fingerprint density at radius 2 is 1.57 bits per heavy atom. The first-order valence-electron chi connectivity index (χ1n) is 8.60. The standard InChI is InChI=1S/C17H29N3O2S/c1-3-19(4-2)15-17-10-8-16(9-11-17)14-18-23(21,22)20-12-6-5-7-13-20/h8-11,18H,3-7,12-15H2,1-2H3. The van der Waals surface area contributed by atoms with Gasteiger partial charge in [0.05, 0.1) is 0 Å². The lowest BCUT2D eigenvalue weighted by atomic mass is 10.1. The third-order valence-corrected chi connectivity index (χ3v) is 5.99. The van der Waals surface area contributed by atoms with Crippen molar-refractivity contribution < 1.29 is 8.42 Å². The first-order valence-corrected chi connectivity index (χ1v) is 10.0. The van der Waals surface area contributed by atoms with Crippen molar-refractivity contribution in [1.82, 2.24) is 13.9 Å². The predicted molar refractivity (Wildman–Crippen MR) is 94.3 cm³/mol. The molecule has 0 spiro atoms. The van der Waals surface area contributed by atoms with Crippen molar-refractivity contribution >= 4 is 10.2 Å². The van der Waals surface area contributed by atoms with Gasteiger partial charge in [-0.25, -0.2) is 0 Å². The molecule has 0 amide bonds. The number of nitrogens with one attached hydrogen (secondary N) is 1. The van der Waals surface area contributed by atoms with E-state index in [-0.39, 0.29) is 0 Å². The molecule has 23 heavy (non-hydrogen) atoms. The van der Waals surface area contributed by atoms with Crippen LogP contribution in [0.3, 0.4) is 0 Å². The average molecular weight is 340 g/mol. The molecule has 130 valence electrons. The molecule has 1 aromatic rings. The van der Waals surface area contributed by atoms with Gasteiger partial charge in [0.2, 0.25) is 0 Å². The van der Waals surface area contributed by atoms with Crippen LogP contribution in [0.2, 0.25) is 0 Å². The highest BCUT2D eigenvalue weighted by molar-refractivity contribution is 7.87. The minimum Gasteiger partial charge on any atom is -0.300 e. The fraction of sp³-hybridized carbons (Fsp3) is 0.647. The second-order valence-corrected chi connectivity index (χ2v) is 7.82. The number of nitrogens with zero attached hydrogens (tertiary/aromatic N) is 2. The minimum absolute atomic E-state index is 0.352. The maximum Gasteiger partial charge on any atom is 0.279 e. The van der Waals surface area contributed by atoms with Gasteiger partial charge in [0.15, 0.2) is 0 Å². The van der Waals surface area contributed by atoms with E-state index in [9.17, 15) is 8.42 Å². The summed E-state index contributed by atoms with van der Waals surface area (Å²) in [5, 5.41) is 0. The van der Waals surface area contributed by atoms with Crippen molar-refractivity contribution in [3.8, 4) is 0 Å². The highest BCUT2D eigenvalue weighted by Gasteiger charge is 2.23. The zero-order valence-electron chi connectivity index (χ0n) is 14.3. The van der Waals surface area contributed by atoms with Crippen LogP contribution in [0, 0.1) is 0 Å². The molecule has 1 aromatic carbocycles. The molecule has 1 aliphatic heterocycles. The summed E-state index contributed by atoms with van der Waals surface area (Å²) in [7, 11) is -3.34. The van der Waals surface area contributed by atoms with Crippen molar-refractivity contribution in [2.75, 3.05) is 26.2 Å². The van der Waals surface area contributed by atoms with Crippen molar-refractivity contribution in [2.24, 2.45) is 0 Å². The Labute approximate surface area is 140 Å². The highest BCUT2D eigenvalue weighted by atomic mass is 32.2. The van der Waals surface area contributed by atoms with E-state index in [4.69, 9.17) is 0 Å². The average Bonchev–Trinajstić information content (AvgIpc) is 2.59. The van der Waals surface area contributed by atoms with E-state index in [2.05, 4.69) is 35.6 Å². The third kappa shape index (κ3) is 5.57. The Hall–Kier alpha value is -0.950. The Morgan fingerprint density at radius 3 is 2.13 bits per heavy atom. The van der Waals surface area contributed by atoms with E-state index < -0.39 is 10.2 Å².